The summed E-state index contributed by atoms with van der Waals surface area (Å²) in [5.41, 5.74) is 1.89. The van der Waals surface area contributed by atoms with E-state index in [-0.39, 0.29) is 4.90 Å². The van der Waals surface area contributed by atoms with E-state index < -0.39 is 16.1 Å². The Labute approximate surface area is 154 Å². The third-order valence-electron chi connectivity index (χ3n) is 4.68. The topological polar surface area (TPSA) is 85.8 Å². The van der Waals surface area contributed by atoms with Crippen molar-refractivity contribution in [1.82, 2.24) is 14.6 Å². The second-order valence-corrected chi connectivity index (χ2v) is 8.17. The van der Waals surface area contributed by atoms with E-state index in [0.717, 1.165) is 31.7 Å². The Morgan fingerprint density at radius 1 is 1.08 bits per heavy atom. The molecule has 2 aromatic rings. The van der Waals surface area contributed by atoms with Crippen LogP contribution in [0.25, 0.3) is 0 Å². The van der Waals surface area contributed by atoms with Gasteiger partial charge in [0.05, 0.1) is 11.0 Å². The maximum absolute atomic E-state index is 11.8. The van der Waals surface area contributed by atoms with Crippen molar-refractivity contribution in [2.45, 2.75) is 11.0 Å². The third kappa shape index (κ3) is 4.39. The van der Waals surface area contributed by atoms with Gasteiger partial charge in [0.1, 0.15) is 0 Å². The van der Waals surface area contributed by atoms with E-state index in [9.17, 15) is 13.5 Å². The van der Waals surface area contributed by atoms with Crippen molar-refractivity contribution in [3.63, 3.8) is 0 Å². The summed E-state index contributed by atoms with van der Waals surface area (Å²) in [5.74, 6) is 0. The molecule has 0 amide bonds. The van der Waals surface area contributed by atoms with Crippen LogP contribution in [-0.2, 0) is 10.0 Å². The Bertz CT molecular complexity index is 804. The van der Waals surface area contributed by atoms with Gasteiger partial charge in [0.2, 0.25) is 10.0 Å². The molecular formula is C18H24N4O3S. The summed E-state index contributed by atoms with van der Waals surface area (Å²) in [6.45, 7) is 4.06. The molecule has 1 aliphatic heterocycles. The Kier molecular flexibility index (Phi) is 5.87. The number of benzene rings is 1. The highest BCUT2D eigenvalue weighted by atomic mass is 32.2. The fourth-order valence-electron chi connectivity index (χ4n) is 3.08. The van der Waals surface area contributed by atoms with Gasteiger partial charge in [0.15, 0.2) is 0 Å². The highest BCUT2D eigenvalue weighted by Gasteiger charge is 2.20. The maximum Gasteiger partial charge on any atom is 0.240 e. The standard InChI is InChI=1S/C18H24N4O3S/c1-19-26(24,25)17-4-2-15(3-5-17)18(23)14-21-10-12-22(13-11-21)16-6-8-20-9-7-16/h2-9,18-19,23H,10-14H2,1H3. The predicted molar refractivity (Wildman–Crippen MR) is 101 cm³/mol. The summed E-state index contributed by atoms with van der Waals surface area (Å²) in [6, 6.07) is 10.4. The summed E-state index contributed by atoms with van der Waals surface area (Å²) < 4.78 is 25.8. The van der Waals surface area contributed by atoms with E-state index in [1.165, 1.54) is 24.9 Å². The second kappa shape index (κ2) is 8.13. The third-order valence-corrected chi connectivity index (χ3v) is 6.11. The lowest BCUT2D eigenvalue weighted by Gasteiger charge is -2.36. The molecule has 2 N–H and O–H groups in total. The number of hydrogen-bond donors (Lipinski definition) is 2. The van der Waals surface area contributed by atoms with Gasteiger partial charge in [-0.15, -0.1) is 0 Å². The molecule has 3 rings (SSSR count). The Balaban J connectivity index is 1.55. The van der Waals surface area contributed by atoms with Gasteiger partial charge in [0.25, 0.3) is 0 Å². The smallest absolute Gasteiger partial charge is 0.240 e. The second-order valence-electron chi connectivity index (χ2n) is 6.29. The SMILES string of the molecule is CNS(=O)(=O)c1ccc(C(O)CN2CCN(c3ccncc3)CC2)cc1. The van der Waals surface area contributed by atoms with Crippen LogP contribution in [0.1, 0.15) is 11.7 Å². The molecule has 2 heterocycles. The van der Waals surface area contributed by atoms with Gasteiger partial charge in [-0.3, -0.25) is 9.88 Å². The molecule has 0 bridgehead atoms. The minimum Gasteiger partial charge on any atom is -0.387 e. The molecule has 1 fully saturated rings. The predicted octanol–water partition coefficient (Wildman–Crippen LogP) is 0.845. The van der Waals surface area contributed by atoms with Crippen molar-refractivity contribution in [2.75, 3.05) is 44.7 Å². The minimum absolute atomic E-state index is 0.196. The first-order chi connectivity index (χ1) is 12.5. The molecule has 8 heteroatoms. The summed E-state index contributed by atoms with van der Waals surface area (Å²) in [6.07, 6.45) is 2.95. The van der Waals surface area contributed by atoms with E-state index in [2.05, 4.69) is 19.5 Å². The van der Waals surface area contributed by atoms with Crippen LogP contribution in [0.5, 0.6) is 0 Å². The van der Waals surface area contributed by atoms with Crippen molar-refractivity contribution < 1.29 is 13.5 Å². The van der Waals surface area contributed by atoms with Gasteiger partial charge in [0, 0.05) is 50.8 Å². The first-order valence-electron chi connectivity index (χ1n) is 8.58. The molecule has 0 spiro atoms. The lowest BCUT2D eigenvalue weighted by molar-refractivity contribution is 0.109. The number of piperazine rings is 1. The van der Waals surface area contributed by atoms with Crippen LogP contribution in [0.3, 0.4) is 0 Å². The fraction of sp³-hybridized carbons (Fsp3) is 0.389. The Morgan fingerprint density at radius 2 is 1.69 bits per heavy atom. The molecule has 1 aromatic heterocycles. The van der Waals surface area contributed by atoms with Crippen molar-refractivity contribution in [1.29, 1.82) is 0 Å². The van der Waals surface area contributed by atoms with E-state index in [4.69, 9.17) is 0 Å². The Hall–Kier alpha value is -2.00. The quantitative estimate of drug-likeness (QED) is 0.777. The average molecular weight is 376 g/mol. The normalized spacial score (nSPS) is 17.2. The van der Waals surface area contributed by atoms with Gasteiger partial charge in [-0.2, -0.15) is 0 Å². The maximum atomic E-state index is 11.8. The molecule has 1 saturated heterocycles. The first-order valence-corrected chi connectivity index (χ1v) is 10.1. The van der Waals surface area contributed by atoms with Crippen LogP contribution in [0.2, 0.25) is 0 Å². The fourth-order valence-corrected chi connectivity index (χ4v) is 3.81. The average Bonchev–Trinajstić information content (AvgIpc) is 2.69. The van der Waals surface area contributed by atoms with Gasteiger partial charge in [-0.1, -0.05) is 12.1 Å². The van der Waals surface area contributed by atoms with Gasteiger partial charge in [-0.25, -0.2) is 13.1 Å². The minimum atomic E-state index is -3.45. The number of nitrogens with one attached hydrogen (secondary N) is 1. The van der Waals surface area contributed by atoms with Crippen LogP contribution >= 0.6 is 0 Å². The van der Waals surface area contributed by atoms with Crippen LogP contribution < -0.4 is 9.62 Å². The van der Waals surface area contributed by atoms with E-state index >= 15 is 0 Å². The number of β-amino-alcohol motifs (C(OH)–C–C–N with tert-alkyl or cyclic N) is 1. The molecule has 7 nitrogen and oxygen atoms in total. The summed E-state index contributed by atoms with van der Waals surface area (Å²) in [5, 5.41) is 10.5. The number of anilines is 1. The monoisotopic (exact) mass is 376 g/mol. The van der Waals surface area contributed by atoms with Crippen molar-refractivity contribution in [3.05, 3.63) is 54.4 Å². The number of sulfonamides is 1. The van der Waals surface area contributed by atoms with E-state index in [1.54, 1.807) is 24.5 Å². The molecule has 1 atom stereocenters. The zero-order valence-electron chi connectivity index (χ0n) is 14.7. The van der Waals surface area contributed by atoms with Gasteiger partial charge < -0.3 is 10.0 Å². The van der Waals surface area contributed by atoms with E-state index in [0.29, 0.717) is 6.54 Å². The number of aromatic nitrogens is 1. The first kappa shape index (κ1) is 18.8. The molecule has 0 saturated carbocycles. The Morgan fingerprint density at radius 3 is 2.27 bits per heavy atom. The van der Waals surface area contributed by atoms with Crippen LogP contribution in [0.4, 0.5) is 5.69 Å². The molecule has 1 aliphatic rings. The van der Waals surface area contributed by atoms with Crippen molar-refractivity contribution in [2.24, 2.45) is 0 Å². The van der Waals surface area contributed by atoms with Gasteiger partial charge >= 0.3 is 0 Å². The molecule has 1 aromatic carbocycles. The molecular weight excluding hydrogens is 352 g/mol. The molecule has 0 aliphatic carbocycles. The molecule has 1 unspecified atom stereocenters. The van der Waals surface area contributed by atoms with Crippen LogP contribution in [-0.4, -0.2) is 63.2 Å². The number of hydrogen-bond acceptors (Lipinski definition) is 6. The van der Waals surface area contributed by atoms with E-state index in [1.807, 2.05) is 12.1 Å². The number of aliphatic hydroxyl groups is 1. The number of rotatable bonds is 6. The summed E-state index contributed by atoms with van der Waals surface area (Å²) >= 11 is 0. The van der Waals surface area contributed by atoms with Crippen LogP contribution in [0, 0.1) is 0 Å². The van der Waals surface area contributed by atoms with Crippen LogP contribution in [0.15, 0.2) is 53.7 Å². The number of pyridine rings is 1. The lowest BCUT2D eigenvalue weighted by atomic mass is 10.1. The van der Waals surface area contributed by atoms with Crippen molar-refractivity contribution >= 4 is 15.7 Å². The molecule has 140 valence electrons. The highest BCUT2D eigenvalue weighted by molar-refractivity contribution is 7.89. The molecule has 0 radical (unpaired) electrons. The van der Waals surface area contributed by atoms with Crippen molar-refractivity contribution in [3.8, 4) is 0 Å². The number of nitrogens with zero attached hydrogens (tertiary/aromatic N) is 3. The largest absolute Gasteiger partial charge is 0.387 e. The zero-order chi connectivity index (χ0) is 18.6. The molecule has 26 heavy (non-hydrogen) atoms. The highest BCUT2D eigenvalue weighted by Crippen LogP contribution is 2.20. The summed E-state index contributed by atoms with van der Waals surface area (Å²) in [4.78, 5) is 8.77. The number of aliphatic hydroxyl groups excluding tert-OH is 1. The zero-order valence-corrected chi connectivity index (χ0v) is 15.6. The van der Waals surface area contributed by atoms with Gasteiger partial charge in [-0.05, 0) is 36.9 Å². The summed E-state index contributed by atoms with van der Waals surface area (Å²) in [7, 11) is -2.07. The lowest BCUT2D eigenvalue weighted by Crippen LogP contribution is -2.47.